The van der Waals surface area contributed by atoms with Crippen LogP contribution in [0.15, 0.2) is 11.6 Å². The van der Waals surface area contributed by atoms with Crippen molar-refractivity contribution in [3.8, 4) is 0 Å². The van der Waals surface area contributed by atoms with Gasteiger partial charge in [-0.2, -0.15) is 0 Å². The van der Waals surface area contributed by atoms with Crippen molar-refractivity contribution < 1.29 is 14.1 Å². The summed E-state index contributed by atoms with van der Waals surface area (Å²) < 4.78 is 6.70. The molecule has 0 aromatic carbocycles. The normalized spacial score (nSPS) is 23.9. The Morgan fingerprint density at radius 1 is 1.27 bits per heavy atom. The van der Waals surface area contributed by atoms with Crippen LogP contribution in [0.5, 0.6) is 0 Å². The highest BCUT2D eigenvalue weighted by atomic mass is 28.4. The fourth-order valence-corrected chi connectivity index (χ4v) is 7.01. The summed E-state index contributed by atoms with van der Waals surface area (Å²) >= 11 is 0. The smallest absolute Gasteiger partial charge is 0.246 e. The molecule has 1 amide bonds. The van der Waals surface area contributed by atoms with Crippen LogP contribution in [0.4, 0.5) is 0 Å². The molecule has 1 rings (SSSR count). The molecule has 0 aliphatic heterocycles. The first-order valence-electron chi connectivity index (χ1n) is 10.4. The van der Waals surface area contributed by atoms with Crippen molar-refractivity contribution in [1.82, 2.24) is 5.06 Å². The molecule has 0 fully saturated rings. The van der Waals surface area contributed by atoms with Gasteiger partial charge in [-0.3, -0.25) is 9.63 Å². The van der Waals surface area contributed by atoms with Crippen molar-refractivity contribution in [1.29, 1.82) is 0 Å². The third-order valence-electron chi connectivity index (χ3n) is 6.75. The van der Waals surface area contributed by atoms with Gasteiger partial charge in [0.25, 0.3) is 0 Å². The van der Waals surface area contributed by atoms with E-state index in [1.807, 2.05) is 0 Å². The maximum absolute atomic E-state index is 12.5. The van der Waals surface area contributed by atoms with Gasteiger partial charge in [-0.05, 0) is 55.1 Å². The molecule has 0 aromatic rings. The van der Waals surface area contributed by atoms with Crippen LogP contribution in [0.2, 0.25) is 18.1 Å². The second-order valence-electron chi connectivity index (χ2n) is 8.19. The summed E-state index contributed by atoms with van der Waals surface area (Å²) in [7, 11) is 1.61. The van der Waals surface area contributed by atoms with Crippen molar-refractivity contribution in [3.63, 3.8) is 0 Å². The summed E-state index contributed by atoms with van der Waals surface area (Å²) in [6.45, 7) is 14.4. The van der Waals surface area contributed by atoms with Crippen LogP contribution in [0, 0.1) is 23.7 Å². The Hall–Kier alpha value is -0.653. The fraction of sp³-hybridized carbons (Fsp3) is 0.857. The molecule has 5 heteroatoms. The monoisotopic (exact) mass is 383 g/mol. The SMILES string of the molecule is CC[Si](CC)(CC)OC[C@@H]1[C@@H](C(C)C)CC=C(C)[C@@H]1CC(=O)N(C)OC. The van der Waals surface area contributed by atoms with E-state index in [2.05, 4.69) is 47.6 Å². The third-order valence-corrected chi connectivity index (χ3v) is 11.4. The highest BCUT2D eigenvalue weighted by molar-refractivity contribution is 6.73. The molecule has 26 heavy (non-hydrogen) atoms. The Morgan fingerprint density at radius 3 is 2.31 bits per heavy atom. The van der Waals surface area contributed by atoms with Gasteiger partial charge in [0.15, 0.2) is 8.32 Å². The highest BCUT2D eigenvalue weighted by Crippen LogP contribution is 2.41. The maximum Gasteiger partial charge on any atom is 0.246 e. The van der Waals surface area contributed by atoms with E-state index in [-0.39, 0.29) is 11.8 Å². The first-order chi connectivity index (χ1) is 12.2. The standard InChI is InChI=1S/C21H41NO3Si/c1-9-26(10-2,11-3)25-15-20-18(16(4)5)13-12-17(6)19(20)14-21(23)22(7)24-8/h12,16,18-20H,9-11,13-15H2,1-8H3/t18-,19+,20-/m1/s1. The van der Waals surface area contributed by atoms with Crippen LogP contribution in [-0.2, 0) is 14.1 Å². The number of amides is 1. The Kier molecular flexibility index (Phi) is 9.55. The molecule has 0 unspecified atom stereocenters. The van der Waals surface area contributed by atoms with Gasteiger partial charge in [0.2, 0.25) is 5.91 Å². The summed E-state index contributed by atoms with van der Waals surface area (Å²) in [4.78, 5) is 17.6. The lowest BCUT2D eigenvalue weighted by molar-refractivity contribution is -0.170. The minimum Gasteiger partial charge on any atom is -0.417 e. The van der Waals surface area contributed by atoms with Crippen molar-refractivity contribution in [2.24, 2.45) is 23.7 Å². The lowest BCUT2D eigenvalue weighted by Gasteiger charge is -2.42. The van der Waals surface area contributed by atoms with E-state index < -0.39 is 8.32 Å². The molecule has 0 saturated carbocycles. The van der Waals surface area contributed by atoms with Crippen LogP contribution >= 0.6 is 0 Å². The minimum absolute atomic E-state index is 0.0460. The van der Waals surface area contributed by atoms with E-state index in [1.54, 1.807) is 14.2 Å². The van der Waals surface area contributed by atoms with Crippen LogP contribution in [0.3, 0.4) is 0 Å². The number of hydrogen-bond donors (Lipinski definition) is 0. The molecule has 4 nitrogen and oxygen atoms in total. The summed E-state index contributed by atoms with van der Waals surface area (Å²) in [5.74, 6) is 1.86. The molecule has 0 radical (unpaired) electrons. The van der Waals surface area contributed by atoms with Gasteiger partial charge in [-0.1, -0.05) is 46.3 Å². The fourth-order valence-electron chi connectivity index (χ4n) is 4.35. The Labute approximate surface area is 162 Å². The van der Waals surface area contributed by atoms with Gasteiger partial charge in [-0.15, -0.1) is 0 Å². The zero-order valence-electron chi connectivity index (χ0n) is 18.3. The number of hydrogen-bond acceptors (Lipinski definition) is 3. The Morgan fingerprint density at radius 2 is 1.85 bits per heavy atom. The molecule has 1 aliphatic rings. The number of nitrogens with zero attached hydrogens (tertiary/aromatic N) is 1. The van der Waals surface area contributed by atoms with Crippen molar-refractivity contribution >= 4 is 14.2 Å². The third kappa shape index (κ3) is 5.67. The van der Waals surface area contributed by atoms with Gasteiger partial charge in [-0.25, -0.2) is 5.06 Å². The lowest BCUT2D eigenvalue weighted by atomic mass is 9.67. The van der Waals surface area contributed by atoms with Gasteiger partial charge < -0.3 is 4.43 Å². The van der Waals surface area contributed by atoms with E-state index in [4.69, 9.17) is 9.26 Å². The molecule has 152 valence electrons. The zero-order chi connectivity index (χ0) is 19.9. The van der Waals surface area contributed by atoms with Crippen LogP contribution in [0.25, 0.3) is 0 Å². The second kappa shape index (κ2) is 10.6. The number of allylic oxidation sites excluding steroid dienone is 2. The minimum atomic E-state index is -1.63. The molecule has 0 saturated heterocycles. The first kappa shape index (κ1) is 23.4. The van der Waals surface area contributed by atoms with E-state index in [0.29, 0.717) is 24.2 Å². The van der Waals surface area contributed by atoms with Gasteiger partial charge in [0, 0.05) is 20.1 Å². The number of carbonyl (C=O) groups is 1. The average molecular weight is 384 g/mol. The molecule has 0 N–H and O–H groups in total. The molecule has 0 spiro atoms. The number of carbonyl (C=O) groups excluding carboxylic acids is 1. The second-order valence-corrected chi connectivity index (χ2v) is 13.0. The van der Waals surface area contributed by atoms with E-state index in [0.717, 1.165) is 13.0 Å². The van der Waals surface area contributed by atoms with Crippen LogP contribution in [-0.4, -0.2) is 40.1 Å². The lowest BCUT2D eigenvalue weighted by Crippen LogP contribution is -2.43. The summed E-state index contributed by atoms with van der Waals surface area (Å²) in [6, 6.07) is 3.51. The van der Waals surface area contributed by atoms with Crippen molar-refractivity contribution in [3.05, 3.63) is 11.6 Å². The summed E-state index contributed by atoms with van der Waals surface area (Å²) in [5.41, 5.74) is 1.34. The zero-order valence-corrected chi connectivity index (χ0v) is 19.3. The van der Waals surface area contributed by atoms with Gasteiger partial charge in [0.1, 0.15) is 0 Å². The molecule has 0 bridgehead atoms. The first-order valence-corrected chi connectivity index (χ1v) is 12.9. The molecular formula is C21H41NO3Si. The Balaban J connectivity index is 3.03. The largest absolute Gasteiger partial charge is 0.417 e. The summed E-state index contributed by atoms with van der Waals surface area (Å²) in [6.07, 6.45) is 3.94. The van der Waals surface area contributed by atoms with E-state index >= 15 is 0 Å². The van der Waals surface area contributed by atoms with E-state index in [9.17, 15) is 4.79 Å². The topological polar surface area (TPSA) is 38.8 Å². The number of rotatable bonds is 10. The summed E-state index contributed by atoms with van der Waals surface area (Å²) in [5, 5.41) is 1.35. The van der Waals surface area contributed by atoms with Crippen LogP contribution in [0.1, 0.15) is 54.4 Å². The van der Waals surface area contributed by atoms with E-state index in [1.165, 1.54) is 28.8 Å². The molecular weight excluding hydrogens is 342 g/mol. The highest BCUT2D eigenvalue weighted by Gasteiger charge is 2.39. The molecule has 1 aliphatic carbocycles. The quantitative estimate of drug-likeness (QED) is 0.293. The number of hydroxylamine groups is 2. The van der Waals surface area contributed by atoms with Crippen LogP contribution < -0.4 is 0 Å². The molecule has 3 atom stereocenters. The molecule has 0 aromatic heterocycles. The predicted octanol–water partition coefficient (Wildman–Crippen LogP) is 5.27. The van der Waals surface area contributed by atoms with Crippen molar-refractivity contribution in [2.75, 3.05) is 20.8 Å². The average Bonchev–Trinajstić information content (AvgIpc) is 2.64. The van der Waals surface area contributed by atoms with Crippen molar-refractivity contribution in [2.45, 2.75) is 72.5 Å². The van der Waals surface area contributed by atoms with Gasteiger partial charge in [0.05, 0.1) is 7.11 Å². The Bertz CT molecular complexity index is 466. The molecule has 0 heterocycles. The predicted molar refractivity (Wildman–Crippen MR) is 111 cm³/mol. The maximum atomic E-state index is 12.5. The van der Waals surface area contributed by atoms with Gasteiger partial charge >= 0.3 is 0 Å².